The van der Waals surface area contributed by atoms with Crippen LogP contribution in [0.5, 0.6) is 5.75 Å². The lowest BCUT2D eigenvalue weighted by molar-refractivity contribution is -0.121. The van der Waals surface area contributed by atoms with Crippen molar-refractivity contribution in [3.63, 3.8) is 0 Å². The molecule has 1 aromatic rings. The van der Waals surface area contributed by atoms with Gasteiger partial charge in [-0.2, -0.15) is 0 Å². The lowest BCUT2D eigenvalue weighted by atomic mass is 10.1. The molecule has 0 saturated heterocycles. The average molecular weight is 306 g/mol. The van der Waals surface area contributed by atoms with Crippen LogP contribution >= 0.6 is 0 Å². The van der Waals surface area contributed by atoms with Crippen LogP contribution in [0.25, 0.3) is 0 Å². The Morgan fingerprint density at radius 2 is 1.82 bits per heavy atom. The van der Waals surface area contributed by atoms with Crippen LogP contribution in [0.2, 0.25) is 0 Å². The van der Waals surface area contributed by atoms with Crippen molar-refractivity contribution in [1.82, 2.24) is 10.6 Å². The Bertz CT molecular complexity index is 471. The molecule has 0 aliphatic carbocycles. The van der Waals surface area contributed by atoms with Crippen LogP contribution in [0, 0.1) is 0 Å². The molecule has 0 aliphatic heterocycles. The minimum absolute atomic E-state index is 0.0297. The molecule has 0 aliphatic rings. The maximum atomic E-state index is 12.0. The molecule has 0 bridgehead atoms. The number of rotatable bonds is 10. The fourth-order valence-corrected chi connectivity index (χ4v) is 2.05. The molecule has 0 radical (unpaired) electrons. The summed E-state index contributed by atoms with van der Waals surface area (Å²) in [4.78, 5) is 23.7. The van der Waals surface area contributed by atoms with Gasteiger partial charge < -0.3 is 15.4 Å². The molecule has 5 heteroatoms. The number of carbonyl (C=O) groups excluding carboxylic acids is 2. The van der Waals surface area contributed by atoms with Crippen molar-refractivity contribution in [3.05, 3.63) is 29.8 Å². The maximum Gasteiger partial charge on any atom is 0.220 e. The van der Waals surface area contributed by atoms with Crippen LogP contribution in [-0.4, -0.2) is 37.4 Å². The lowest BCUT2D eigenvalue weighted by Crippen LogP contribution is -2.38. The Morgan fingerprint density at radius 3 is 2.41 bits per heavy atom. The van der Waals surface area contributed by atoms with Crippen LogP contribution in [-0.2, 0) is 4.79 Å². The van der Waals surface area contributed by atoms with Crippen molar-refractivity contribution >= 4 is 11.7 Å². The Balaban J connectivity index is 2.34. The number of Topliss-reactive ketones (excluding diaryl/α,β-unsaturated/α-hetero) is 1. The third-order valence-corrected chi connectivity index (χ3v) is 3.22. The van der Waals surface area contributed by atoms with E-state index in [1.807, 2.05) is 20.8 Å². The molecule has 0 fully saturated rings. The second-order valence-electron chi connectivity index (χ2n) is 5.14. The van der Waals surface area contributed by atoms with Crippen LogP contribution in [0.1, 0.15) is 44.0 Å². The van der Waals surface area contributed by atoms with Gasteiger partial charge in [-0.05, 0) is 44.7 Å². The number of nitrogens with one attached hydrogen (secondary N) is 2. The molecule has 0 heterocycles. The zero-order chi connectivity index (χ0) is 16.4. The minimum atomic E-state index is -0.0935. The molecule has 0 unspecified atom stereocenters. The minimum Gasteiger partial charge on any atom is -0.494 e. The summed E-state index contributed by atoms with van der Waals surface area (Å²) in [5.74, 6) is 0.621. The molecule has 1 aromatic carbocycles. The third-order valence-electron chi connectivity index (χ3n) is 3.22. The van der Waals surface area contributed by atoms with E-state index < -0.39 is 0 Å². The van der Waals surface area contributed by atoms with Gasteiger partial charge in [-0.25, -0.2) is 0 Å². The van der Waals surface area contributed by atoms with E-state index in [0.717, 1.165) is 12.3 Å². The average Bonchev–Trinajstić information content (AvgIpc) is 2.52. The molecule has 0 spiro atoms. The zero-order valence-corrected chi connectivity index (χ0v) is 13.6. The van der Waals surface area contributed by atoms with Crippen LogP contribution in [0.15, 0.2) is 24.3 Å². The van der Waals surface area contributed by atoms with Crippen molar-refractivity contribution in [3.8, 4) is 5.75 Å². The fourth-order valence-electron chi connectivity index (χ4n) is 2.05. The Hall–Kier alpha value is -1.88. The van der Waals surface area contributed by atoms with Crippen molar-refractivity contribution in [1.29, 1.82) is 0 Å². The van der Waals surface area contributed by atoms with E-state index in [-0.39, 0.29) is 30.6 Å². The second-order valence-corrected chi connectivity index (χ2v) is 5.14. The molecule has 0 aromatic heterocycles. The fraction of sp³-hybridized carbons (Fsp3) is 0.529. The Labute approximate surface area is 132 Å². The number of ketones is 1. The highest BCUT2D eigenvalue weighted by atomic mass is 16.5. The number of hydrogen-bond donors (Lipinski definition) is 2. The largest absolute Gasteiger partial charge is 0.494 e. The van der Waals surface area contributed by atoms with E-state index >= 15 is 0 Å². The molecule has 5 nitrogen and oxygen atoms in total. The first kappa shape index (κ1) is 18.2. The van der Waals surface area contributed by atoms with E-state index in [4.69, 9.17) is 4.74 Å². The van der Waals surface area contributed by atoms with Crippen molar-refractivity contribution in [2.24, 2.45) is 0 Å². The summed E-state index contributed by atoms with van der Waals surface area (Å²) in [5.41, 5.74) is 0.609. The van der Waals surface area contributed by atoms with Gasteiger partial charge in [-0.3, -0.25) is 9.59 Å². The van der Waals surface area contributed by atoms with Gasteiger partial charge >= 0.3 is 0 Å². The SMILES string of the molecule is CCN[C@H](C)CNC(=O)CCC(=O)c1ccc(OCC)cc1. The molecule has 2 N–H and O–H groups in total. The summed E-state index contributed by atoms with van der Waals surface area (Å²) < 4.78 is 5.33. The number of amides is 1. The summed E-state index contributed by atoms with van der Waals surface area (Å²) >= 11 is 0. The monoisotopic (exact) mass is 306 g/mol. The molecular formula is C17H26N2O3. The number of benzene rings is 1. The number of carbonyl (C=O) groups is 2. The van der Waals surface area contributed by atoms with E-state index in [9.17, 15) is 9.59 Å². The van der Waals surface area contributed by atoms with Gasteiger partial charge in [0.05, 0.1) is 6.61 Å². The predicted octanol–water partition coefficient (Wildman–Crippen LogP) is 2.16. The standard InChI is InChI=1S/C17H26N2O3/c1-4-18-13(3)12-19-17(21)11-10-16(20)14-6-8-15(9-7-14)22-5-2/h6-9,13,18H,4-5,10-12H2,1-3H3,(H,19,21)/t13-/m1/s1. The molecule has 22 heavy (non-hydrogen) atoms. The van der Waals surface area contributed by atoms with Gasteiger partial charge in [-0.1, -0.05) is 6.92 Å². The molecule has 1 atom stereocenters. The second kappa shape index (κ2) is 9.95. The summed E-state index contributed by atoms with van der Waals surface area (Å²) in [6.07, 6.45) is 0.431. The van der Waals surface area contributed by atoms with Crippen molar-refractivity contribution in [2.75, 3.05) is 19.7 Å². The van der Waals surface area contributed by atoms with Gasteiger partial charge in [0, 0.05) is 31.0 Å². The van der Waals surface area contributed by atoms with Crippen LogP contribution in [0.4, 0.5) is 0 Å². The number of ether oxygens (including phenoxy) is 1. The predicted molar refractivity (Wildman–Crippen MR) is 87.3 cm³/mol. The third kappa shape index (κ3) is 6.72. The molecule has 122 valence electrons. The van der Waals surface area contributed by atoms with E-state index in [1.54, 1.807) is 24.3 Å². The number of hydrogen-bond acceptors (Lipinski definition) is 4. The van der Waals surface area contributed by atoms with E-state index in [2.05, 4.69) is 10.6 Å². The van der Waals surface area contributed by atoms with Crippen LogP contribution in [0.3, 0.4) is 0 Å². The van der Waals surface area contributed by atoms with Crippen molar-refractivity contribution in [2.45, 2.75) is 39.7 Å². The first-order chi connectivity index (χ1) is 10.6. The topological polar surface area (TPSA) is 67.4 Å². The van der Waals surface area contributed by atoms with Gasteiger partial charge in [0.15, 0.2) is 5.78 Å². The molecule has 1 rings (SSSR count). The summed E-state index contributed by atoms with van der Waals surface area (Å²) in [5, 5.41) is 6.04. The normalized spacial score (nSPS) is 11.8. The Morgan fingerprint density at radius 1 is 1.14 bits per heavy atom. The first-order valence-corrected chi connectivity index (χ1v) is 7.83. The smallest absolute Gasteiger partial charge is 0.220 e. The highest BCUT2D eigenvalue weighted by molar-refractivity contribution is 5.98. The van der Waals surface area contributed by atoms with Gasteiger partial charge in [0.25, 0.3) is 0 Å². The first-order valence-electron chi connectivity index (χ1n) is 7.83. The quantitative estimate of drug-likeness (QED) is 0.650. The summed E-state index contributed by atoms with van der Waals surface area (Å²) in [6.45, 7) is 7.98. The maximum absolute atomic E-state index is 12.0. The van der Waals surface area contributed by atoms with Crippen molar-refractivity contribution < 1.29 is 14.3 Å². The van der Waals surface area contributed by atoms with E-state index in [1.165, 1.54) is 0 Å². The summed E-state index contributed by atoms with van der Waals surface area (Å²) in [7, 11) is 0. The zero-order valence-electron chi connectivity index (χ0n) is 13.6. The number of likely N-dealkylation sites (N-methyl/N-ethyl adjacent to an activating group) is 1. The molecular weight excluding hydrogens is 280 g/mol. The van der Waals surface area contributed by atoms with Gasteiger partial charge in [0.1, 0.15) is 5.75 Å². The molecule has 1 amide bonds. The highest BCUT2D eigenvalue weighted by Gasteiger charge is 2.10. The molecule has 0 saturated carbocycles. The van der Waals surface area contributed by atoms with Gasteiger partial charge in [0.2, 0.25) is 5.91 Å². The van der Waals surface area contributed by atoms with Crippen LogP contribution < -0.4 is 15.4 Å². The lowest BCUT2D eigenvalue weighted by Gasteiger charge is -2.13. The van der Waals surface area contributed by atoms with E-state index in [0.29, 0.717) is 18.7 Å². The Kier molecular flexibility index (Phi) is 8.22. The van der Waals surface area contributed by atoms with Gasteiger partial charge in [-0.15, -0.1) is 0 Å². The summed E-state index contributed by atoms with van der Waals surface area (Å²) in [6, 6.07) is 7.25. The highest BCUT2D eigenvalue weighted by Crippen LogP contribution is 2.13.